The van der Waals surface area contributed by atoms with E-state index in [1.54, 1.807) is 0 Å². The number of hydrogen-bond acceptors (Lipinski definition) is 8. The van der Waals surface area contributed by atoms with E-state index in [2.05, 4.69) is 38.2 Å². The molecule has 8 rings (SSSR count). The van der Waals surface area contributed by atoms with Crippen LogP contribution in [0.2, 0.25) is 5.02 Å². The number of fused-ring (bicyclic) bond motifs is 4. The molecule has 8 nitrogen and oxygen atoms in total. The molecule has 4 aliphatic heterocycles. The summed E-state index contributed by atoms with van der Waals surface area (Å²) < 4.78 is 66.2. The van der Waals surface area contributed by atoms with Crippen LogP contribution in [0.4, 0.5) is 29.2 Å². The number of alkyl halides is 3. The Bertz CT molecular complexity index is 1840. The van der Waals surface area contributed by atoms with Crippen molar-refractivity contribution in [3.05, 3.63) is 58.4 Å². The molecule has 13 heteroatoms. The lowest BCUT2D eigenvalue weighted by Crippen LogP contribution is -2.61. The molecule has 3 aromatic rings. The Morgan fingerprint density at radius 1 is 1.11 bits per heavy atom. The van der Waals surface area contributed by atoms with Crippen molar-refractivity contribution >= 4 is 34.1 Å². The van der Waals surface area contributed by atoms with E-state index in [0.29, 0.717) is 30.2 Å². The minimum Gasteiger partial charge on any atom is -0.461 e. The van der Waals surface area contributed by atoms with Crippen LogP contribution in [0.5, 0.6) is 6.01 Å². The largest absolute Gasteiger partial charge is 0.461 e. The molecule has 1 saturated carbocycles. The van der Waals surface area contributed by atoms with Crippen LogP contribution in [-0.4, -0.2) is 69.8 Å². The van der Waals surface area contributed by atoms with Crippen molar-refractivity contribution in [3.63, 3.8) is 0 Å². The number of nitrogens with one attached hydrogen (secondary N) is 1. The number of benzene rings is 1. The van der Waals surface area contributed by atoms with Gasteiger partial charge in [0.15, 0.2) is 5.82 Å². The van der Waals surface area contributed by atoms with Crippen molar-refractivity contribution in [2.75, 3.05) is 43.4 Å². The van der Waals surface area contributed by atoms with E-state index in [4.69, 9.17) is 27.1 Å². The molecule has 2 atom stereocenters. The third-order valence-corrected chi connectivity index (χ3v) is 11.0. The quantitative estimate of drug-likeness (QED) is 0.229. The molecule has 47 heavy (non-hydrogen) atoms. The topological polar surface area (TPSA) is 92.4 Å². The van der Waals surface area contributed by atoms with Crippen LogP contribution in [0.3, 0.4) is 0 Å². The average Bonchev–Trinajstić information content (AvgIpc) is 3.66. The molecule has 3 N–H and O–H groups in total. The number of pyridine rings is 1. The van der Waals surface area contributed by atoms with Crippen molar-refractivity contribution in [2.45, 2.75) is 68.7 Å². The van der Waals surface area contributed by atoms with Gasteiger partial charge in [0.2, 0.25) is 0 Å². The van der Waals surface area contributed by atoms with Gasteiger partial charge in [0, 0.05) is 43.1 Å². The number of halogens is 5. The van der Waals surface area contributed by atoms with Crippen molar-refractivity contribution in [1.82, 2.24) is 25.2 Å². The molecular weight excluding hydrogens is 634 g/mol. The van der Waals surface area contributed by atoms with Crippen LogP contribution >= 0.6 is 11.6 Å². The number of anilines is 2. The molecule has 0 spiro atoms. The Balaban J connectivity index is 1.28. The monoisotopic (exact) mass is 669 g/mol. The summed E-state index contributed by atoms with van der Waals surface area (Å²) in [7, 11) is 0. The Hall–Kier alpha value is -3.48. The van der Waals surface area contributed by atoms with Crippen LogP contribution in [0.15, 0.2) is 36.4 Å². The van der Waals surface area contributed by atoms with E-state index in [9.17, 15) is 13.2 Å². The van der Waals surface area contributed by atoms with Crippen LogP contribution in [-0.2, 0) is 6.18 Å². The zero-order chi connectivity index (χ0) is 33.0. The van der Waals surface area contributed by atoms with Crippen LogP contribution in [0.1, 0.15) is 49.7 Å². The maximum absolute atomic E-state index is 16.9. The van der Waals surface area contributed by atoms with Crippen LogP contribution in [0, 0.1) is 18.7 Å². The van der Waals surface area contributed by atoms with E-state index in [1.165, 1.54) is 13.0 Å². The van der Waals surface area contributed by atoms with Crippen LogP contribution < -0.4 is 20.7 Å². The molecule has 0 unspecified atom stereocenters. The highest BCUT2D eigenvalue weighted by atomic mass is 35.5. The normalized spacial score (nSPS) is 25.7. The molecule has 4 saturated heterocycles. The highest BCUT2D eigenvalue weighted by molar-refractivity contribution is 6.34. The number of piperazine rings is 1. The predicted molar refractivity (Wildman–Crippen MR) is 173 cm³/mol. The fourth-order valence-corrected chi connectivity index (χ4v) is 9.02. The van der Waals surface area contributed by atoms with Gasteiger partial charge in [-0.3, -0.25) is 4.90 Å². The van der Waals surface area contributed by atoms with Gasteiger partial charge in [-0.1, -0.05) is 35.9 Å². The van der Waals surface area contributed by atoms with Gasteiger partial charge < -0.3 is 20.7 Å². The second-order valence-corrected chi connectivity index (χ2v) is 14.7. The minimum absolute atomic E-state index is 0.0527. The van der Waals surface area contributed by atoms with E-state index >= 15 is 4.39 Å². The summed E-state index contributed by atoms with van der Waals surface area (Å²) >= 11 is 6.68. The summed E-state index contributed by atoms with van der Waals surface area (Å²) in [5.74, 6) is -0.220. The molecule has 1 aromatic carbocycles. The number of nitrogen functional groups attached to an aromatic ring is 1. The van der Waals surface area contributed by atoms with Gasteiger partial charge in [0.1, 0.15) is 23.8 Å². The number of hydrogen-bond donors (Lipinski definition) is 2. The van der Waals surface area contributed by atoms with Gasteiger partial charge in [0.25, 0.3) is 0 Å². The van der Waals surface area contributed by atoms with Gasteiger partial charge in [-0.2, -0.15) is 23.1 Å². The number of aryl methyl sites for hydroxylation is 1. The van der Waals surface area contributed by atoms with Crippen LogP contribution in [0.25, 0.3) is 22.2 Å². The van der Waals surface area contributed by atoms with E-state index in [1.807, 2.05) is 0 Å². The summed E-state index contributed by atoms with van der Waals surface area (Å²) in [6.07, 6.45) is 0.978. The lowest BCUT2D eigenvalue weighted by atomic mass is 9.90. The molecule has 5 aliphatic rings. The van der Waals surface area contributed by atoms with Gasteiger partial charge in [0.05, 0.1) is 27.4 Å². The fourth-order valence-electron chi connectivity index (χ4n) is 8.74. The van der Waals surface area contributed by atoms with Crippen molar-refractivity contribution in [1.29, 1.82) is 0 Å². The molecule has 1 aliphatic carbocycles. The lowest BCUT2D eigenvalue weighted by molar-refractivity contribution is -0.137. The van der Waals surface area contributed by atoms with Gasteiger partial charge in [-0.25, -0.2) is 9.37 Å². The number of nitrogens with zero attached hydrogens (tertiary/aromatic N) is 5. The third kappa shape index (κ3) is 5.05. The number of aromatic nitrogens is 3. The van der Waals surface area contributed by atoms with Crippen molar-refractivity contribution in [3.8, 4) is 17.3 Å². The maximum atomic E-state index is 16.9. The molecule has 2 bridgehead atoms. The predicted octanol–water partition coefficient (Wildman–Crippen LogP) is 6.45. The number of rotatable bonds is 6. The second-order valence-electron chi connectivity index (χ2n) is 14.3. The van der Waals surface area contributed by atoms with Crippen molar-refractivity contribution < 1.29 is 22.3 Å². The Morgan fingerprint density at radius 3 is 2.51 bits per heavy atom. The number of nitrogens with two attached hydrogens (primary N) is 1. The first kappa shape index (κ1) is 30.8. The molecular formula is C34H36ClF4N7O. The van der Waals surface area contributed by atoms with E-state index < -0.39 is 28.8 Å². The molecule has 2 aromatic heterocycles. The van der Waals surface area contributed by atoms with E-state index in [-0.39, 0.29) is 51.7 Å². The first-order chi connectivity index (χ1) is 22.2. The zero-order valence-electron chi connectivity index (χ0n) is 26.1. The summed E-state index contributed by atoms with van der Waals surface area (Å²) in [6.45, 7) is 12.6. The first-order valence-corrected chi connectivity index (χ1v) is 16.4. The Labute approximate surface area is 275 Å². The van der Waals surface area contributed by atoms with Crippen molar-refractivity contribution in [2.24, 2.45) is 5.92 Å². The Morgan fingerprint density at radius 2 is 1.83 bits per heavy atom. The smallest absolute Gasteiger partial charge is 0.418 e. The average molecular weight is 670 g/mol. The molecule has 248 valence electrons. The highest BCUT2D eigenvalue weighted by Crippen LogP contribution is 2.50. The summed E-state index contributed by atoms with van der Waals surface area (Å²) in [4.78, 5) is 17.8. The molecule has 0 radical (unpaired) electrons. The standard InChI is InChI=1S/C34H36ClF4N7O/c1-17-10-32(11-18(2)13-46(32)12-17)16-47-31-42-28-22(30(43-31)45-14-21-6-7-33(15-45,44-21)20-4-5-20)9-23(35)25(27(28)36)29-26(34(37,38)39)19(3)8-24(40)41-29/h8-9,20-21,44H,1-2,4-7,10-16H2,3H3,(H2,40,41)/t21-,33+/m0/s1. The molecule has 6 heterocycles. The summed E-state index contributed by atoms with van der Waals surface area (Å²) in [6, 6.07) is 2.74. The number of ether oxygens (including phenoxy) is 1. The lowest BCUT2D eigenvalue weighted by Gasteiger charge is -2.42. The summed E-state index contributed by atoms with van der Waals surface area (Å²) in [5.41, 5.74) is 4.97. The van der Waals surface area contributed by atoms with Gasteiger partial charge in [-0.05, 0) is 69.1 Å². The molecule has 5 fully saturated rings. The van der Waals surface area contributed by atoms with Gasteiger partial charge >= 0.3 is 12.2 Å². The van der Waals surface area contributed by atoms with E-state index in [0.717, 1.165) is 68.8 Å². The second kappa shape index (κ2) is 10.5. The molecule has 0 amide bonds. The third-order valence-electron chi connectivity index (χ3n) is 10.7. The fraction of sp³-hybridized carbons (Fsp3) is 0.500. The SMILES string of the molecule is C=C1CN2CC(=C)CC2(COc2nc(N3C[C@@H]4CC[C@](C5CC5)(C3)N4)c3cc(Cl)c(-c4nc(N)cc(C)c4C(F)(F)F)c(F)c3n2)C1. The first-order valence-electron chi connectivity index (χ1n) is 16.0. The van der Waals surface area contributed by atoms with Gasteiger partial charge in [-0.15, -0.1) is 0 Å². The minimum atomic E-state index is -4.84. The highest BCUT2D eigenvalue weighted by Gasteiger charge is 2.53. The zero-order valence-corrected chi connectivity index (χ0v) is 26.9. The maximum Gasteiger partial charge on any atom is 0.418 e. The summed E-state index contributed by atoms with van der Waals surface area (Å²) in [5, 5.41) is 3.90. The Kier molecular flexibility index (Phi) is 6.89.